The van der Waals surface area contributed by atoms with Gasteiger partial charge < -0.3 is 4.74 Å². The van der Waals surface area contributed by atoms with Crippen molar-refractivity contribution in [2.75, 3.05) is 7.11 Å². The van der Waals surface area contributed by atoms with Crippen molar-refractivity contribution in [3.8, 4) is 5.75 Å². The summed E-state index contributed by atoms with van der Waals surface area (Å²) in [7, 11) is 1.54. The molecule has 0 saturated heterocycles. The van der Waals surface area contributed by atoms with Gasteiger partial charge in [0, 0.05) is 5.56 Å². The molecule has 0 fully saturated rings. The van der Waals surface area contributed by atoms with Crippen LogP contribution in [0.15, 0.2) is 48.5 Å². The third kappa shape index (κ3) is 3.29. The number of allylic oxidation sites excluding steroid dienone is 1. The summed E-state index contributed by atoms with van der Waals surface area (Å²) in [5.41, 5.74) is 0.912. The Morgan fingerprint density at radius 1 is 1.05 bits per heavy atom. The minimum Gasteiger partial charge on any atom is -0.497 e. The molecule has 0 aliphatic heterocycles. The highest BCUT2D eigenvalue weighted by molar-refractivity contribution is 6.06. The first kappa shape index (κ1) is 13.9. The van der Waals surface area contributed by atoms with E-state index in [0.29, 0.717) is 16.9 Å². The number of methoxy groups -OCH3 is 1. The van der Waals surface area contributed by atoms with Gasteiger partial charge in [-0.25, -0.2) is 8.78 Å². The summed E-state index contributed by atoms with van der Waals surface area (Å²) in [4.78, 5) is 11.9. The third-order valence-electron chi connectivity index (χ3n) is 2.75. The molecule has 0 bridgehead atoms. The minimum absolute atomic E-state index is 0.225. The number of rotatable bonds is 4. The molecule has 0 unspecified atom stereocenters. The maximum Gasteiger partial charge on any atom is 0.185 e. The predicted molar refractivity (Wildman–Crippen MR) is 72.7 cm³/mol. The summed E-state index contributed by atoms with van der Waals surface area (Å²) in [6.45, 7) is 0. The molecular formula is C16H12F2O2. The van der Waals surface area contributed by atoms with Crippen molar-refractivity contribution in [2.24, 2.45) is 0 Å². The van der Waals surface area contributed by atoms with E-state index in [1.165, 1.54) is 18.2 Å². The van der Waals surface area contributed by atoms with Gasteiger partial charge in [0.2, 0.25) is 0 Å². The fraction of sp³-hybridized carbons (Fsp3) is 0.0625. The number of halogens is 2. The molecule has 0 amide bonds. The highest BCUT2D eigenvalue weighted by Crippen LogP contribution is 2.14. The average Bonchev–Trinajstić information content (AvgIpc) is 2.48. The third-order valence-corrected chi connectivity index (χ3v) is 2.75. The second-order valence-electron chi connectivity index (χ2n) is 4.10. The number of benzene rings is 2. The van der Waals surface area contributed by atoms with Gasteiger partial charge in [-0.3, -0.25) is 4.79 Å². The van der Waals surface area contributed by atoms with E-state index < -0.39 is 11.6 Å². The van der Waals surface area contributed by atoms with Crippen molar-refractivity contribution >= 4 is 11.9 Å². The van der Waals surface area contributed by atoms with E-state index in [4.69, 9.17) is 4.74 Å². The number of hydrogen-bond donors (Lipinski definition) is 0. The van der Waals surface area contributed by atoms with Gasteiger partial charge in [0.05, 0.1) is 7.11 Å². The van der Waals surface area contributed by atoms with Crippen LogP contribution < -0.4 is 4.74 Å². The quantitative estimate of drug-likeness (QED) is 0.625. The Morgan fingerprint density at radius 2 is 1.75 bits per heavy atom. The fourth-order valence-electron chi connectivity index (χ4n) is 1.64. The fourth-order valence-corrected chi connectivity index (χ4v) is 1.64. The van der Waals surface area contributed by atoms with Crippen molar-refractivity contribution in [1.29, 1.82) is 0 Å². The molecule has 2 nitrogen and oxygen atoms in total. The number of carbonyl (C=O) groups excluding carboxylic acids is 1. The Kier molecular flexibility index (Phi) is 4.25. The lowest BCUT2D eigenvalue weighted by Gasteiger charge is -2.00. The zero-order chi connectivity index (χ0) is 14.5. The molecule has 2 rings (SSSR count). The summed E-state index contributed by atoms with van der Waals surface area (Å²) in [5.74, 6) is -1.42. The van der Waals surface area contributed by atoms with Gasteiger partial charge in [-0.05, 0) is 48.0 Å². The summed E-state index contributed by atoms with van der Waals surface area (Å²) in [6, 6.07) is 10.1. The Labute approximate surface area is 115 Å². The molecule has 0 N–H and O–H groups in total. The summed E-state index contributed by atoms with van der Waals surface area (Å²) < 4.78 is 30.8. The Hall–Kier alpha value is -2.49. The Balaban J connectivity index is 2.13. The van der Waals surface area contributed by atoms with E-state index in [1.54, 1.807) is 31.4 Å². The smallest absolute Gasteiger partial charge is 0.185 e. The Morgan fingerprint density at radius 3 is 2.35 bits per heavy atom. The monoisotopic (exact) mass is 274 g/mol. The van der Waals surface area contributed by atoms with Crippen molar-refractivity contribution in [2.45, 2.75) is 0 Å². The zero-order valence-electron chi connectivity index (χ0n) is 10.8. The predicted octanol–water partition coefficient (Wildman–Crippen LogP) is 3.87. The molecule has 0 atom stereocenters. The van der Waals surface area contributed by atoms with Gasteiger partial charge in [0.25, 0.3) is 0 Å². The van der Waals surface area contributed by atoms with Crippen molar-refractivity contribution in [3.63, 3.8) is 0 Å². The molecule has 0 aliphatic carbocycles. The van der Waals surface area contributed by atoms with Crippen LogP contribution in [0.3, 0.4) is 0 Å². The topological polar surface area (TPSA) is 26.3 Å². The van der Waals surface area contributed by atoms with E-state index in [1.807, 2.05) is 0 Å². The van der Waals surface area contributed by atoms with E-state index in [-0.39, 0.29) is 5.78 Å². The van der Waals surface area contributed by atoms with Crippen LogP contribution in [-0.2, 0) is 0 Å². The molecule has 0 heterocycles. The van der Waals surface area contributed by atoms with Crippen LogP contribution in [-0.4, -0.2) is 12.9 Å². The maximum absolute atomic E-state index is 13.0. The van der Waals surface area contributed by atoms with Crippen LogP contribution >= 0.6 is 0 Å². The molecule has 0 aliphatic rings. The zero-order valence-corrected chi connectivity index (χ0v) is 10.8. The summed E-state index contributed by atoms with van der Waals surface area (Å²) in [6.07, 6.45) is 2.75. The van der Waals surface area contributed by atoms with E-state index in [2.05, 4.69) is 0 Å². The van der Waals surface area contributed by atoms with Crippen LogP contribution in [0.4, 0.5) is 8.78 Å². The van der Waals surface area contributed by atoms with Gasteiger partial charge in [-0.1, -0.05) is 12.1 Å². The first-order chi connectivity index (χ1) is 9.60. The van der Waals surface area contributed by atoms with Gasteiger partial charge in [0.1, 0.15) is 5.75 Å². The lowest BCUT2D eigenvalue weighted by molar-refractivity contribution is 0.104. The lowest BCUT2D eigenvalue weighted by Crippen LogP contribution is -1.94. The van der Waals surface area contributed by atoms with Gasteiger partial charge in [-0.15, -0.1) is 0 Å². The molecule has 2 aromatic rings. The average molecular weight is 274 g/mol. The van der Waals surface area contributed by atoms with Gasteiger partial charge in [0.15, 0.2) is 17.4 Å². The van der Waals surface area contributed by atoms with Gasteiger partial charge >= 0.3 is 0 Å². The van der Waals surface area contributed by atoms with E-state index in [0.717, 1.165) is 12.1 Å². The molecule has 0 aromatic heterocycles. The molecular weight excluding hydrogens is 262 g/mol. The maximum atomic E-state index is 13.0. The molecule has 102 valence electrons. The molecule has 0 radical (unpaired) electrons. The standard InChI is InChI=1S/C16H12F2O2/c1-20-13-6-4-12(5-7-13)16(19)9-3-11-2-8-14(17)15(18)10-11/h2-10H,1H3. The molecule has 0 saturated carbocycles. The van der Waals surface area contributed by atoms with Gasteiger partial charge in [-0.2, -0.15) is 0 Å². The number of hydrogen-bond acceptors (Lipinski definition) is 2. The van der Waals surface area contributed by atoms with E-state index >= 15 is 0 Å². The Bertz CT molecular complexity index is 646. The van der Waals surface area contributed by atoms with Crippen LogP contribution in [0.2, 0.25) is 0 Å². The van der Waals surface area contributed by atoms with Crippen molar-refractivity contribution in [3.05, 3.63) is 71.3 Å². The number of ether oxygens (including phenoxy) is 1. The molecule has 4 heteroatoms. The van der Waals surface area contributed by atoms with Crippen LogP contribution in [0.25, 0.3) is 6.08 Å². The van der Waals surface area contributed by atoms with E-state index in [9.17, 15) is 13.6 Å². The molecule has 2 aromatic carbocycles. The first-order valence-corrected chi connectivity index (χ1v) is 5.91. The number of carbonyl (C=O) groups is 1. The largest absolute Gasteiger partial charge is 0.497 e. The van der Waals surface area contributed by atoms with Crippen LogP contribution in [0.5, 0.6) is 5.75 Å². The highest BCUT2D eigenvalue weighted by atomic mass is 19.2. The number of ketones is 1. The van der Waals surface area contributed by atoms with Crippen LogP contribution in [0, 0.1) is 11.6 Å². The second-order valence-corrected chi connectivity index (χ2v) is 4.10. The normalized spacial score (nSPS) is 10.8. The highest BCUT2D eigenvalue weighted by Gasteiger charge is 2.03. The van der Waals surface area contributed by atoms with Crippen molar-refractivity contribution < 1.29 is 18.3 Å². The second kappa shape index (κ2) is 6.10. The molecule has 0 spiro atoms. The SMILES string of the molecule is COc1ccc(C(=O)C=Cc2ccc(F)c(F)c2)cc1. The summed E-state index contributed by atoms with van der Waals surface area (Å²) in [5, 5.41) is 0. The first-order valence-electron chi connectivity index (χ1n) is 5.91. The summed E-state index contributed by atoms with van der Waals surface area (Å²) >= 11 is 0. The lowest BCUT2D eigenvalue weighted by atomic mass is 10.1. The minimum atomic E-state index is -0.941. The molecule has 20 heavy (non-hydrogen) atoms. The van der Waals surface area contributed by atoms with Crippen molar-refractivity contribution in [1.82, 2.24) is 0 Å². The van der Waals surface area contributed by atoms with Crippen LogP contribution in [0.1, 0.15) is 15.9 Å².